The molecule has 0 saturated carbocycles. The molecule has 0 bridgehead atoms. The minimum absolute atomic E-state index is 0.0192. The molecule has 1 fully saturated rings. The Balaban J connectivity index is 1.64. The molecule has 0 spiro atoms. The highest BCUT2D eigenvalue weighted by molar-refractivity contribution is 7.89. The molecule has 2 aromatic carbocycles. The van der Waals surface area contributed by atoms with E-state index in [9.17, 15) is 22.8 Å². The van der Waals surface area contributed by atoms with Crippen LogP contribution in [0.25, 0.3) is 0 Å². The second kappa shape index (κ2) is 10.7. The van der Waals surface area contributed by atoms with Crippen molar-refractivity contribution in [1.29, 1.82) is 0 Å². The predicted molar refractivity (Wildman–Crippen MR) is 126 cm³/mol. The molecular weight excluding hydrogens is 460 g/mol. The lowest BCUT2D eigenvalue weighted by Gasteiger charge is -2.33. The number of carbonyl (C=O) groups is 3. The van der Waals surface area contributed by atoms with Crippen LogP contribution in [0.4, 0.5) is 5.69 Å². The van der Waals surface area contributed by atoms with Gasteiger partial charge in [-0.3, -0.25) is 14.4 Å². The molecule has 10 nitrogen and oxygen atoms in total. The first-order valence-corrected chi connectivity index (χ1v) is 12.1. The third-order valence-corrected chi connectivity index (χ3v) is 7.29. The van der Waals surface area contributed by atoms with Crippen molar-refractivity contribution >= 4 is 33.4 Å². The number of hydrogen-bond donors (Lipinski definition) is 1. The molecule has 3 rings (SSSR count). The van der Waals surface area contributed by atoms with Gasteiger partial charge in [0.1, 0.15) is 5.75 Å². The van der Waals surface area contributed by atoms with Crippen molar-refractivity contribution in [2.24, 2.45) is 0 Å². The van der Waals surface area contributed by atoms with Gasteiger partial charge in [-0.25, -0.2) is 8.42 Å². The van der Waals surface area contributed by atoms with Gasteiger partial charge in [0.25, 0.3) is 11.8 Å². The summed E-state index contributed by atoms with van der Waals surface area (Å²) in [4.78, 5) is 38.9. The summed E-state index contributed by atoms with van der Waals surface area (Å²) in [6.45, 7) is 2.43. The Hall–Kier alpha value is -3.44. The van der Waals surface area contributed by atoms with E-state index in [0.29, 0.717) is 24.5 Å². The lowest BCUT2D eigenvalue weighted by atomic mass is 10.2. The fourth-order valence-electron chi connectivity index (χ4n) is 3.30. The van der Waals surface area contributed by atoms with Crippen LogP contribution >= 0.6 is 0 Å². The number of nitrogens with zero attached hydrogens (tertiary/aromatic N) is 3. The Kier molecular flexibility index (Phi) is 7.90. The van der Waals surface area contributed by atoms with Crippen molar-refractivity contribution in [3.63, 3.8) is 0 Å². The molecule has 1 aliphatic rings. The van der Waals surface area contributed by atoms with Crippen LogP contribution in [0.5, 0.6) is 5.75 Å². The van der Waals surface area contributed by atoms with E-state index in [1.807, 2.05) is 0 Å². The Morgan fingerprint density at radius 2 is 1.65 bits per heavy atom. The van der Waals surface area contributed by atoms with Crippen molar-refractivity contribution in [3.8, 4) is 5.75 Å². The minimum atomic E-state index is -3.80. The number of hydrogen-bond acceptors (Lipinski definition) is 6. The number of likely N-dealkylation sites (N-methyl/N-ethyl adjacent to an activating group) is 1. The molecular formula is C23H28N4O6S. The zero-order chi connectivity index (χ0) is 24.9. The third kappa shape index (κ3) is 6.12. The van der Waals surface area contributed by atoms with Gasteiger partial charge < -0.3 is 19.9 Å². The maximum Gasteiger partial charge on any atom is 0.259 e. The first kappa shape index (κ1) is 25.2. The van der Waals surface area contributed by atoms with Gasteiger partial charge in [0.05, 0.1) is 4.90 Å². The van der Waals surface area contributed by atoms with Crippen molar-refractivity contribution in [3.05, 3.63) is 54.1 Å². The van der Waals surface area contributed by atoms with Crippen molar-refractivity contribution in [2.75, 3.05) is 52.2 Å². The number of amides is 3. The molecule has 0 aliphatic carbocycles. The summed E-state index contributed by atoms with van der Waals surface area (Å²) in [5.41, 5.74) is 0.685. The number of rotatable bonds is 7. The first-order valence-electron chi connectivity index (χ1n) is 10.7. The number of anilines is 1. The molecule has 1 N–H and O–H groups in total. The molecule has 182 valence electrons. The second-order valence-corrected chi connectivity index (χ2v) is 9.93. The van der Waals surface area contributed by atoms with Gasteiger partial charge in [-0.15, -0.1) is 0 Å². The van der Waals surface area contributed by atoms with Crippen molar-refractivity contribution in [2.45, 2.75) is 11.8 Å². The van der Waals surface area contributed by atoms with Crippen LogP contribution in [-0.4, -0.2) is 87.1 Å². The van der Waals surface area contributed by atoms with Gasteiger partial charge in [0, 0.05) is 58.4 Å². The maximum atomic E-state index is 13.0. The minimum Gasteiger partial charge on any atom is -0.484 e. The van der Waals surface area contributed by atoms with E-state index in [0.717, 1.165) is 0 Å². The number of carbonyl (C=O) groups excluding carboxylic acids is 3. The number of sulfonamides is 1. The molecule has 3 amide bonds. The lowest BCUT2D eigenvalue weighted by Crippen LogP contribution is -2.49. The highest BCUT2D eigenvalue weighted by Gasteiger charge is 2.29. The van der Waals surface area contributed by atoms with E-state index in [1.54, 1.807) is 43.3 Å². The largest absolute Gasteiger partial charge is 0.484 e. The summed E-state index contributed by atoms with van der Waals surface area (Å²) in [6, 6.07) is 12.3. The van der Waals surface area contributed by atoms with Gasteiger partial charge >= 0.3 is 0 Å². The zero-order valence-electron chi connectivity index (χ0n) is 19.4. The van der Waals surface area contributed by atoms with Gasteiger partial charge in [-0.05, 0) is 42.5 Å². The number of nitrogens with one attached hydrogen (secondary N) is 1. The van der Waals surface area contributed by atoms with E-state index in [-0.39, 0.29) is 42.0 Å². The SMILES string of the molecule is CC(=O)N1CCN(S(=O)(=O)c2cccc(C(=O)Nc3ccc(OCC(=O)N(C)C)cc3)c2)CC1. The zero-order valence-corrected chi connectivity index (χ0v) is 20.2. The Morgan fingerprint density at radius 1 is 1.00 bits per heavy atom. The first-order chi connectivity index (χ1) is 16.1. The fraction of sp³-hybridized carbons (Fsp3) is 0.348. The lowest BCUT2D eigenvalue weighted by molar-refractivity contribution is -0.131. The molecule has 2 aromatic rings. The molecule has 0 unspecified atom stereocenters. The molecule has 1 aliphatic heterocycles. The number of piperazine rings is 1. The summed E-state index contributed by atoms with van der Waals surface area (Å²) in [6.07, 6.45) is 0. The van der Waals surface area contributed by atoms with Gasteiger partial charge in [-0.2, -0.15) is 4.31 Å². The number of benzene rings is 2. The molecule has 11 heteroatoms. The van der Waals surface area contributed by atoms with E-state index < -0.39 is 15.9 Å². The second-order valence-electron chi connectivity index (χ2n) is 7.99. The predicted octanol–water partition coefficient (Wildman–Crippen LogP) is 1.26. The van der Waals surface area contributed by atoms with Gasteiger partial charge in [0.2, 0.25) is 15.9 Å². The summed E-state index contributed by atoms with van der Waals surface area (Å²) in [5.74, 6) is -0.244. The van der Waals surface area contributed by atoms with Crippen LogP contribution in [0.1, 0.15) is 17.3 Å². The molecule has 1 saturated heterocycles. The Labute approximate surface area is 199 Å². The standard InChI is InChI=1S/C23H28N4O6S/c1-17(28)26-11-13-27(14-12-26)34(31,32)21-6-4-5-18(15-21)23(30)24-19-7-9-20(10-8-19)33-16-22(29)25(2)3/h4-10,15H,11-14,16H2,1-3H3,(H,24,30). The van der Waals surface area contributed by atoms with Crippen LogP contribution in [0.15, 0.2) is 53.4 Å². The van der Waals surface area contributed by atoms with E-state index in [2.05, 4.69) is 5.32 Å². The van der Waals surface area contributed by atoms with Crippen molar-refractivity contribution in [1.82, 2.24) is 14.1 Å². The molecule has 1 heterocycles. The van der Waals surface area contributed by atoms with Crippen LogP contribution in [0.2, 0.25) is 0 Å². The van der Waals surface area contributed by atoms with E-state index in [1.165, 1.54) is 40.4 Å². The topological polar surface area (TPSA) is 116 Å². The molecule has 0 aromatic heterocycles. The van der Waals surface area contributed by atoms with E-state index in [4.69, 9.17) is 4.74 Å². The fourth-order valence-corrected chi connectivity index (χ4v) is 4.77. The molecule has 34 heavy (non-hydrogen) atoms. The average molecular weight is 489 g/mol. The highest BCUT2D eigenvalue weighted by Crippen LogP contribution is 2.21. The van der Waals surface area contributed by atoms with Crippen LogP contribution in [-0.2, 0) is 19.6 Å². The average Bonchev–Trinajstić information content (AvgIpc) is 2.83. The van der Waals surface area contributed by atoms with Crippen LogP contribution in [0.3, 0.4) is 0 Å². The quantitative estimate of drug-likeness (QED) is 0.627. The summed E-state index contributed by atoms with van der Waals surface area (Å²) >= 11 is 0. The highest BCUT2D eigenvalue weighted by atomic mass is 32.2. The Morgan fingerprint density at radius 3 is 2.24 bits per heavy atom. The van der Waals surface area contributed by atoms with Crippen LogP contribution < -0.4 is 10.1 Å². The van der Waals surface area contributed by atoms with Crippen LogP contribution in [0, 0.1) is 0 Å². The third-order valence-electron chi connectivity index (χ3n) is 5.39. The Bertz CT molecular complexity index is 1160. The summed E-state index contributed by atoms with van der Waals surface area (Å²) < 4.78 is 32.8. The maximum absolute atomic E-state index is 13.0. The number of ether oxygens (including phenoxy) is 1. The monoisotopic (exact) mass is 488 g/mol. The molecule has 0 radical (unpaired) electrons. The molecule has 0 atom stereocenters. The van der Waals surface area contributed by atoms with Crippen molar-refractivity contribution < 1.29 is 27.5 Å². The summed E-state index contributed by atoms with van der Waals surface area (Å²) in [7, 11) is -0.521. The summed E-state index contributed by atoms with van der Waals surface area (Å²) in [5, 5.41) is 2.72. The smallest absolute Gasteiger partial charge is 0.259 e. The van der Waals surface area contributed by atoms with E-state index >= 15 is 0 Å². The van der Waals surface area contributed by atoms with Gasteiger partial charge in [0.15, 0.2) is 6.61 Å². The normalized spacial score (nSPS) is 14.4. The van der Waals surface area contributed by atoms with Gasteiger partial charge in [-0.1, -0.05) is 6.07 Å².